The van der Waals surface area contributed by atoms with Crippen molar-refractivity contribution in [2.45, 2.75) is 58.0 Å². The minimum atomic E-state index is -2.02. The highest BCUT2D eigenvalue weighted by atomic mass is 28.4. The Kier molecular flexibility index (Phi) is 7.98. The van der Waals surface area contributed by atoms with Gasteiger partial charge in [-0.25, -0.2) is 0 Å². The van der Waals surface area contributed by atoms with Gasteiger partial charge in [-0.1, -0.05) is 69.3 Å². The number of aromatic hydroxyl groups is 1. The Morgan fingerprint density at radius 3 is 2.50 bits per heavy atom. The van der Waals surface area contributed by atoms with E-state index in [-0.39, 0.29) is 11.1 Å². The average Bonchev–Trinajstić information content (AvgIpc) is 3.27. The number of fused-ring (bicyclic) bond motifs is 1. The molecule has 0 spiro atoms. The SMILES string of the molecule is CC(C)(C)[Si](C)(C)O[C@@H](CN(CCc1c[nH]c2c(O)cccc12)Cc1ccccc1)c1cccnc1. The van der Waals surface area contributed by atoms with Crippen molar-refractivity contribution >= 4 is 19.2 Å². The van der Waals surface area contributed by atoms with Gasteiger partial charge < -0.3 is 14.5 Å². The highest BCUT2D eigenvalue weighted by Gasteiger charge is 2.39. The second-order valence-electron chi connectivity index (χ2n) is 11.1. The molecule has 2 heterocycles. The van der Waals surface area contributed by atoms with Crippen LogP contribution in [0.5, 0.6) is 5.75 Å². The molecule has 0 fully saturated rings. The van der Waals surface area contributed by atoms with Gasteiger partial charge in [-0.2, -0.15) is 0 Å². The number of nitrogens with one attached hydrogen (secondary N) is 1. The summed E-state index contributed by atoms with van der Waals surface area (Å²) in [6, 6.07) is 20.5. The number of benzene rings is 2. The number of nitrogens with zero attached hydrogens (tertiary/aromatic N) is 2. The molecule has 0 saturated carbocycles. The fraction of sp³-hybridized carbons (Fsp3) is 0.367. The van der Waals surface area contributed by atoms with E-state index in [4.69, 9.17) is 4.43 Å². The van der Waals surface area contributed by atoms with Crippen LogP contribution in [0.3, 0.4) is 0 Å². The van der Waals surface area contributed by atoms with E-state index in [1.165, 1.54) is 11.1 Å². The van der Waals surface area contributed by atoms with Crippen molar-refractivity contribution in [2.24, 2.45) is 0 Å². The summed E-state index contributed by atoms with van der Waals surface area (Å²) in [6.45, 7) is 14.0. The third-order valence-electron chi connectivity index (χ3n) is 7.45. The Morgan fingerprint density at radius 2 is 1.81 bits per heavy atom. The Bertz CT molecular complexity index is 1250. The summed E-state index contributed by atoms with van der Waals surface area (Å²) in [6.07, 6.45) is 6.60. The molecular formula is C30H39N3O2Si. The molecule has 0 bridgehead atoms. The number of pyridine rings is 1. The van der Waals surface area contributed by atoms with Crippen LogP contribution < -0.4 is 0 Å². The molecule has 190 valence electrons. The molecule has 4 aromatic rings. The minimum absolute atomic E-state index is 0.0599. The maximum absolute atomic E-state index is 10.2. The lowest BCUT2D eigenvalue weighted by molar-refractivity contribution is 0.116. The summed E-state index contributed by atoms with van der Waals surface area (Å²) in [7, 11) is -2.02. The van der Waals surface area contributed by atoms with E-state index in [1.807, 2.05) is 30.7 Å². The molecule has 0 unspecified atom stereocenters. The standard InChI is InChI=1S/C30H39N3O2Si/c1-30(2,3)36(4,5)35-28(25-13-10-17-31-19-25)22-33(21-23-11-7-6-8-12-23)18-16-24-20-32-29-26(24)14-9-15-27(29)34/h6-15,17,19-20,28,32,34H,16,18,21-22H2,1-5H3/t28-/m0/s1. The maximum Gasteiger partial charge on any atom is 0.192 e. The molecule has 2 aromatic carbocycles. The summed E-state index contributed by atoms with van der Waals surface area (Å²) in [5, 5.41) is 11.4. The van der Waals surface area contributed by atoms with Gasteiger partial charge in [-0.05, 0) is 53.4 Å². The molecule has 0 saturated heterocycles. The molecule has 2 aromatic heterocycles. The van der Waals surface area contributed by atoms with Crippen LogP contribution in [0.25, 0.3) is 10.9 Å². The van der Waals surface area contributed by atoms with Crippen LogP contribution in [-0.2, 0) is 17.4 Å². The predicted octanol–water partition coefficient (Wildman–Crippen LogP) is 7.08. The third-order valence-corrected chi connectivity index (χ3v) is 11.9. The lowest BCUT2D eigenvalue weighted by Gasteiger charge is -2.40. The summed E-state index contributed by atoms with van der Waals surface area (Å²) >= 11 is 0. The quantitative estimate of drug-likeness (QED) is 0.228. The molecule has 2 N–H and O–H groups in total. The molecule has 6 heteroatoms. The Labute approximate surface area is 216 Å². The summed E-state index contributed by atoms with van der Waals surface area (Å²) in [5.74, 6) is 0.291. The number of H-pyrrole nitrogens is 1. The minimum Gasteiger partial charge on any atom is -0.506 e. The molecule has 0 aliphatic rings. The van der Waals surface area contributed by atoms with Gasteiger partial charge in [0.15, 0.2) is 8.32 Å². The van der Waals surface area contributed by atoms with Gasteiger partial charge in [0.2, 0.25) is 0 Å². The Hall–Kier alpha value is -2.93. The number of aromatic nitrogens is 2. The van der Waals surface area contributed by atoms with Crippen LogP contribution in [0.2, 0.25) is 18.1 Å². The van der Waals surface area contributed by atoms with Crippen molar-refractivity contribution in [2.75, 3.05) is 13.1 Å². The first-order valence-electron chi connectivity index (χ1n) is 12.8. The number of para-hydroxylation sites is 1. The van der Waals surface area contributed by atoms with Crippen LogP contribution >= 0.6 is 0 Å². The van der Waals surface area contributed by atoms with E-state index in [9.17, 15) is 5.11 Å². The van der Waals surface area contributed by atoms with Crippen LogP contribution in [0.4, 0.5) is 0 Å². The average molecular weight is 502 g/mol. The van der Waals surface area contributed by atoms with Gasteiger partial charge in [0.05, 0.1) is 11.6 Å². The highest BCUT2D eigenvalue weighted by molar-refractivity contribution is 6.74. The van der Waals surface area contributed by atoms with Gasteiger partial charge in [0.1, 0.15) is 5.75 Å². The maximum atomic E-state index is 10.2. The van der Waals surface area contributed by atoms with Crippen LogP contribution in [-0.4, -0.2) is 41.4 Å². The molecule has 0 aliphatic carbocycles. The highest BCUT2D eigenvalue weighted by Crippen LogP contribution is 2.40. The van der Waals surface area contributed by atoms with Crippen molar-refractivity contribution < 1.29 is 9.53 Å². The number of hydrogen-bond acceptors (Lipinski definition) is 4. The third kappa shape index (κ3) is 6.24. The first-order chi connectivity index (χ1) is 17.1. The lowest BCUT2D eigenvalue weighted by Crippen LogP contribution is -2.44. The van der Waals surface area contributed by atoms with E-state index < -0.39 is 8.32 Å². The molecule has 0 radical (unpaired) electrons. The number of rotatable bonds is 10. The van der Waals surface area contributed by atoms with Gasteiger partial charge in [-0.3, -0.25) is 9.88 Å². The lowest BCUT2D eigenvalue weighted by atomic mass is 10.1. The van der Waals surface area contributed by atoms with Gasteiger partial charge in [0, 0.05) is 43.6 Å². The van der Waals surface area contributed by atoms with E-state index in [2.05, 4.69) is 91.2 Å². The Morgan fingerprint density at radius 1 is 1.03 bits per heavy atom. The number of aromatic amines is 1. The van der Waals surface area contributed by atoms with Crippen molar-refractivity contribution in [3.63, 3.8) is 0 Å². The van der Waals surface area contributed by atoms with Crippen molar-refractivity contribution in [1.82, 2.24) is 14.9 Å². The fourth-order valence-corrected chi connectivity index (χ4v) is 5.58. The number of phenols is 1. The van der Waals surface area contributed by atoms with E-state index in [0.717, 1.165) is 42.5 Å². The van der Waals surface area contributed by atoms with Gasteiger partial charge in [0.25, 0.3) is 0 Å². The van der Waals surface area contributed by atoms with Crippen LogP contribution in [0.1, 0.15) is 43.6 Å². The summed E-state index contributed by atoms with van der Waals surface area (Å²) < 4.78 is 7.00. The topological polar surface area (TPSA) is 61.4 Å². The molecular weight excluding hydrogens is 462 g/mol. The molecule has 0 amide bonds. The largest absolute Gasteiger partial charge is 0.506 e. The van der Waals surface area contributed by atoms with Crippen LogP contribution in [0.15, 0.2) is 79.3 Å². The summed E-state index contributed by atoms with van der Waals surface area (Å²) in [5.41, 5.74) is 4.42. The molecule has 0 aliphatic heterocycles. The summed E-state index contributed by atoms with van der Waals surface area (Å²) in [4.78, 5) is 10.1. The predicted molar refractivity (Wildman–Crippen MR) is 151 cm³/mol. The second kappa shape index (κ2) is 11.0. The fourth-order valence-electron chi connectivity index (χ4n) is 4.30. The zero-order valence-electron chi connectivity index (χ0n) is 22.2. The number of phenolic OH excluding ortho intramolecular Hbond substituents is 1. The molecule has 36 heavy (non-hydrogen) atoms. The van der Waals surface area contributed by atoms with Gasteiger partial charge in [-0.15, -0.1) is 0 Å². The zero-order chi connectivity index (χ0) is 25.8. The molecule has 5 nitrogen and oxygen atoms in total. The van der Waals surface area contributed by atoms with E-state index in [1.54, 1.807) is 6.07 Å². The molecule has 4 rings (SSSR count). The van der Waals surface area contributed by atoms with Crippen LogP contribution in [0, 0.1) is 0 Å². The zero-order valence-corrected chi connectivity index (χ0v) is 23.2. The van der Waals surface area contributed by atoms with Crippen molar-refractivity contribution in [3.8, 4) is 5.75 Å². The first-order valence-corrected chi connectivity index (χ1v) is 15.7. The van der Waals surface area contributed by atoms with E-state index >= 15 is 0 Å². The Balaban J connectivity index is 1.60. The van der Waals surface area contributed by atoms with Crippen molar-refractivity contribution in [3.05, 3.63) is 95.9 Å². The first kappa shape index (κ1) is 26.1. The van der Waals surface area contributed by atoms with Gasteiger partial charge >= 0.3 is 0 Å². The normalized spacial score (nSPS) is 13.4. The number of hydrogen-bond donors (Lipinski definition) is 2. The van der Waals surface area contributed by atoms with Crippen molar-refractivity contribution in [1.29, 1.82) is 0 Å². The molecule has 1 atom stereocenters. The second-order valence-corrected chi connectivity index (χ2v) is 15.9. The van der Waals surface area contributed by atoms with E-state index in [0.29, 0.717) is 5.75 Å². The monoisotopic (exact) mass is 501 g/mol. The smallest absolute Gasteiger partial charge is 0.192 e.